The monoisotopic (exact) mass is 237 g/mol. The highest BCUT2D eigenvalue weighted by atomic mass is 32.1. The van der Waals surface area contributed by atoms with Gasteiger partial charge < -0.3 is 4.74 Å². The van der Waals surface area contributed by atoms with Crippen LogP contribution in [0.4, 0.5) is 0 Å². The lowest BCUT2D eigenvalue weighted by Crippen LogP contribution is -2.00. The molecule has 0 aliphatic rings. The van der Waals surface area contributed by atoms with Crippen molar-refractivity contribution >= 4 is 11.3 Å². The summed E-state index contributed by atoms with van der Waals surface area (Å²) in [4.78, 5) is 5.51. The summed E-state index contributed by atoms with van der Waals surface area (Å²) in [5, 5.41) is 9.14. The summed E-state index contributed by atoms with van der Waals surface area (Å²) >= 11 is 1.65. The highest BCUT2D eigenvalue weighted by Crippen LogP contribution is 2.20. The Morgan fingerprint density at radius 1 is 1.44 bits per heavy atom. The summed E-state index contributed by atoms with van der Waals surface area (Å²) in [6.07, 6.45) is 1.84. The molecule has 0 fully saturated rings. The Balaban J connectivity index is 1.88. The largest absolute Gasteiger partial charge is 0.381 e. The van der Waals surface area contributed by atoms with Crippen molar-refractivity contribution in [3.63, 3.8) is 0 Å². The molecule has 0 amide bonds. The van der Waals surface area contributed by atoms with E-state index in [4.69, 9.17) is 4.74 Å². The molecular weight excluding hydrogens is 222 g/mol. The van der Waals surface area contributed by atoms with Crippen molar-refractivity contribution in [1.29, 1.82) is 0 Å². The predicted molar refractivity (Wildman–Crippen MR) is 64.5 cm³/mol. The predicted octanol–water partition coefficient (Wildman–Crippen LogP) is 2.50. The topological polar surface area (TPSA) is 50.8 Å². The van der Waals surface area contributed by atoms with Gasteiger partial charge >= 0.3 is 0 Å². The third-order valence-corrected chi connectivity index (χ3v) is 2.97. The van der Waals surface area contributed by atoms with E-state index in [1.807, 2.05) is 17.5 Å². The van der Waals surface area contributed by atoms with Crippen molar-refractivity contribution in [1.82, 2.24) is 15.2 Å². The molecule has 86 valence electrons. The zero-order valence-electron chi connectivity index (χ0n) is 9.27. The van der Waals surface area contributed by atoms with E-state index in [0.29, 0.717) is 6.61 Å². The van der Waals surface area contributed by atoms with E-state index in [2.05, 4.69) is 22.1 Å². The lowest BCUT2D eigenvalue weighted by molar-refractivity contribution is 0.136. The normalized spacial score (nSPS) is 10.8. The van der Waals surface area contributed by atoms with Gasteiger partial charge in [0.15, 0.2) is 5.82 Å². The first kappa shape index (κ1) is 11.3. The summed E-state index contributed by atoms with van der Waals surface area (Å²) < 4.78 is 5.40. The van der Waals surface area contributed by atoms with Crippen LogP contribution in [0.3, 0.4) is 0 Å². The Morgan fingerprint density at radius 3 is 3.12 bits per heavy atom. The molecule has 2 aromatic rings. The van der Waals surface area contributed by atoms with Crippen LogP contribution in [-0.2, 0) is 11.2 Å². The van der Waals surface area contributed by atoms with Crippen LogP contribution in [-0.4, -0.2) is 28.4 Å². The first-order valence-electron chi connectivity index (χ1n) is 5.43. The standard InChI is InChI=1S/C11H15N3OS/c1-2-6-15-7-5-10-12-11(14-13-10)9-4-3-8-16-9/h3-4,8H,2,5-7H2,1H3,(H,12,13,14). The molecule has 0 aromatic carbocycles. The Morgan fingerprint density at radius 2 is 2.38 bits per heavy atom. The van der Waals surface area contributed by atoms with E-state index < -0.39 is 0 Å². The Labute approximate surface area is 98.7 Å². The van der Waals surface area contributed by atoms with E-state index in [1.54, 1.807) is 11.3 Å². The van der Waals surface area contributed by atoms with Crippen molar-refractivity contribution in [2.75, 3.05) is 13.2 Å². The fourth-order valence-electron chi connectivity index (χ4n) is 1.34. The van der Waals surface area contributed by atoms with Gasteiger partial charge in [-0.3, -0.25) is 5.10 Å². The lowest BCUT2D eigenvalue weighted by Gasteiger charge is -1.98. The smallest absolute Gasteiger partial charge is 0.191 e. The van der Waals surface area contributed by atoms with E-state index in [-0.39, 0.29) is 0 Å². The minimum absolute atomic E-state index is 0.701. The number of aromatic nitrogens is 3. The third-order valence-electron chi connectivity index (χ3n) is 2.10. The second kappa shape index (κ2) is 5.77. The molecule has 2 aromatic heterocycles. The maximum absolute atomic E-state index is 5.40. The number of H-pyrrole nitrogens is 1. The zero-order valence-corrected chi connectivity index (χ0v) is 10.1. The second-order valence-electron chi connectivity index (χ2n) is 3.45. The molecular formula is C11H15N3OS. The molecule has 0 aliphatic heterocycles. The summed E-state index contributed by atoms with van der Waals surface area (Å²) in [5.41, 5.74) is 0. The number of hydrogen-bond acceptors (Lipinski definition) is 4. The van der Waals surface area contributed by atoms with Crippen molar-refractivity contribution in [2.24, 2.45) is 0 Å². The van der Waals surface area contributed by atoms with Gasteiger partial charge in [-0.1, -0.05) is 13.0 Å². The van der Waals surface area contributed by atoms with Gasteiger partial charge in [0.05, 0.1) is 11.5 Å². The quantitative estimate of drug-likeness (QED) is 0.785. The molecule has 1 N–H and O–H groups in total. The fourth-order valence-corrected chi connectivity index (χ4v) is 2.00. The highest BCUT2D eigenvalue weighted by Gasteiger charge is 2.05. The molecule has 16 heavy (non-hydrogen) atoms. The van der Waals surface area contributed by atoms with Crippen LogP contribution in [0.2, 0.25) is 0 Å². The summed E-state index contributed by atoms with van der Waals surface area (Å²) in [6.45, 7) is 3.61. The summed E-state index contributed by atoms with van der Waals surface area (Å²) in [5.74, 6) is 1.67. The number of hydrogen-bond donors (Lipinski definition) is 1. The highest BCUT2D eigenvalue weighted by molar-refractivity contribution is 7.13. The van der Waals surface area contributed by atoms with Gasteiger partial charge in [-0.15, -0.1) is 11.3 Å². The summed E-state index contributed by atoms with van der Waals surface area (Å²) in [6, 6.07) is 4.02. The molecule has 0 aliphatic carbocycles. The number of nitrogens with zero attached hydrogens (tertiary/aromatic N) is 2. The number of rotatable bonds is 6. The van der Waals surface area contributed by atoms with Crippen LogP contribution in [0.25, 0.3) is 10.7 Å². The van der Waals surface area contributed by atoms with Gasteiger partial charge in [0.25, 0.3) is 0 Å². The molecule has 0 saturated carbocycles. The van der Waals surface area contributed by atoms with Crippen molar-refractivity contribution in [2.45, 2.75) is 19.8 Å². The molecule has 2 heterocycles. The minimum atomic E-state index is 0.701. The molecule has 2 rings (SSSR count). The van der Waals surface area contributed by atoms with Crippen LogP contribution in [0, 0.1) is 0 Å². The van der Waals surface area contributed by atoms with E-state index >= 15 is 0 Å². The molecule has 0 spiro atoms. The van der Waals surface area contributed by atoms with Crippen molar-refractivity contribution < 1.29 is 4.74 Å². The van der Waals surface area contributed by atoms with Crippen LogP contribution < -0.4 is 0 Å². The van der Waals surface area contributed by atoms with Gasteiger partial charge in [0.2, 0.25) is 0 Å². The van der Waals surface area contributed by atoms with E-state index in [9.17, 15) is 0 Å². The SMILES string of the molecule is CCCOCCc1nc(-c2cccs2)n[nH]1. The Kier molecular flexibility index (Phi) is 4.07. The molecule has 0 saturated heterocycles. The maximum atomic E-state index is 5.40. The number of aromatic amines is 1. The molecule has 5 heteroatoms. The number of ether oxygens (including phenoxy) is 1. The third kappa shape index (κ3) is 2.90. The molecule has 0 unspecified atom stereocenters. The first-order valence-corrected chi connectivity index (χ1v) is 6.31. The van der Waals surface area contributed by atoms with Gasteiger partial charge in [-0.2, -0.15) is 5.10 Å². The average molecular weight is 237 g/mol. The average Bonchev–Trinajstić information content (AvgIpc) is 2.94. The number of thiophene rings is 1. The van der Waals surface area contributed by atoms with Crippen molar-refractivity contribution in [3.05, 3.63) is 23.3 Å². The minimum Gasteiger partial charge on any atom is -0.381 e. The van der Waals surface area contributed by atoms with Crippen LogP contribution in [0.5, 0.6) is 0 Å². The van der Waals surface area contributed by atoms with Crippen LogP contribution >= 0.6 is 11.3 Å². The fraction of sp³-hybridized carbons (Fsp3) is 0.455. The number of nitrogens with one attached hydrogen (secondary N) is 1. The summed E-state index contributed by atoms with van der Waals surface area (Å²) in [7, 11) is 0. The molecule has 0 radical (unpaired) electrons. The van der Waals surface area contributed by atoms with E-state index in [1.165, 1.54) is 0 Å². The van der Waals surface area contributed by atoms with Crippen molar-refractivity contribution in [3.8, 4) is 10.7 Å². The molecule has 4 nitrogen and oxygen atoms in total. The van der Waals surface area contributed by atoms with Crippen LogP contribution in [0.15, 0.2) is 17.5 Å². The van der Waals surface area contributed by atoms with Crippen LogP contribution in [0.1, 0.15) is 19.2 Å². The lowest BCUT2D eigenvalue weighted by atomic mass is 10.4. The van der Waals surface area contributed by atoms with Gasteiger partial charge in [0.1, 0.15) is 5.82 Å². The van der Waals surface area contributed by atoms with Gasteiger partial charge in [-0.25, -0.2) is 4.98 Å². The van der Waals surface area contributed by atoms with E-state index in [0.717, 1.165) is 36.0 Å². The van der Waals surface area contributed by atoms with Gasteiger partial charge in [0, 0.05) is 13.0 Å². The molecule has 0 atom stereocenters. The van der Waals surface area contributed by atoms with Gasteiger partial charge in [-0.05, 0) is 17.9 Å². The second-order valence-corrected chi connectivity index (χ2v) is 4.39. The molecule has 0 bridgehead atoms. The Hall–Kier alpha value is -1.20. The maximum Gasteiger partial charge on any atom is 0.191 e. The first-order chi connectivity index (χ1) is 7.90. The Bertz CT molecular complexity index is 411. The zero-order chi connectivity index (χ0) is 11.2.